The maximum absolute atomic E-state index is 12.0. The van der Waals surface area contributed by atoms with E-state index in [1.165, 1.54) is 0 Å². The van der Waals surface area contributed by atoms with Crippen LogP contribution >= 0.6 is 15.9 Å². The van der Waals surface area contributed by atoms with Crippen LogP contribution in [-0.4, -0.2) is 16.4 Å². The minimum absolute atomic E-state index is 0.347. The Labute approximate surface area is 131 Å². The summed E-state index contributed by atoms with van der Waals surface area (Å²) in [6.07, 6.45) is 1.76. The Kier molecular flexibility index (Phi) is 4.47. The minimum Gasteiger partial charge on any atom is -0.345 e. The summed E-state index contributed by atoms with van der Waals surface area (Å²) in [4.78, 5) is 24.0. The number of hydrazine groups is 1. The molecule has 110 valence electrons. The first-order chi connectivity index (χ1) is 9.88. The Morgan fingerprint density at radius 2 is 1.71 bits per heavy atom. The van der Waals surface area contributed by atoms with Crippen LogP contribution in [0.5, 0.6) is 0 Å². The predicted octanol–water partition coefficient (Wildman–Crippen LogP) is 2.48. The summed E-state index contributed by atoms with van der Waals surface area (Å²) >= 11 is 3.29. The molecule has 2 aromatic rings. The average Bonchev–Trinajstić information content (AvgIpc) is 2.77. The van der Waals surface area contributed by atoms with Gasteiger partial charge in [-0.3, -0.25) is 20.4 Å². The summed E-state index contributed by atoms with van der Waals surface area (Å²) in [5, 5.41) is 0. The van der Waals surface area contributed by atoms with Crippen LogP contribution < -0.4 is 10.9 Å². The van der Waals surface area contributed by atoms with Gasteiger partial charge in [0, 0.05) is 23.3 Å². The van der Waals surface area contributed by atoms with Gasteiger partial charge >= 0.3 is 0 Å². The lowest BCUT2D eigenvalue weighted by Gasteiger charge is -2.09. The van der Waals surface area contributed by atoms with Gasteiger partial charge in [0.2, 0.25) is 0 Å². The summed E-state index contributed by atoms with van der Waals surface area (Å²) < 4.78 is 2.47. The highest BCUT2D eigenvalue weighted by atomic mass is 79.9. The van der Waals surface area contributed by atoms with Crippen molar-refractivity contribution in [3.63, 3.8) is 0 Å². The Hall–Kier alpha value is -2.08. The monoisotopic (exact) mass is 349 g/mol. The molecule has 0 aliphatic heterocycles. The SMILES string of the molecule is Cc1ccc(C(=O)NNC(=O)c2cc(Br)cn2C)cc1C. The van der Waals surface area contributed by atoms with E-state index < -0.39 is 0 Å². The lowest BCUT2D eigenvalue weighted by Crippen LogP contribution is -2.42. The second-order valence-corrected chi connectivity index (χ2v) is 5.78. The number of carbonyl (C=O) groups excluding carboxylic acids is 2. The quantitative estimate of drug-likeness (QED) is 0.818. The van der Waals surface area contributed by atoms with Crippen LogP contribution in [0.25, 0.3) is 0 Å². The fourth-order valence-corrected chi connectivity index (χ4v) is 2.41. The van der Waals surface area contributed by atoms with Crippen LogP contribution in [0, 0.1) is 13.8 Å². The number of nitrogens with one attached hydrogen (secondary N) is 2. The van der Waals surface area contributed by atoms with Gasteiger partial charge in [0.15, 0.2) is 0 Å². The molecule has 5 nitrogen and oxygen atoms in total. The third kappa shape index (κ3) is 3.52. The smallest absolute Gasteiger partial charge is 0.286 e. The number of benzene rings is 1. The first kappa shape index (κ1) is 15.3. The number of aryl methyl sites for hydroxylation is 3. The maximum Gasteiger partial charge on any atom is 0.286 e. The van der Waals surface area contributed by atoms with Gasteiger partial charge in [-0.05, 0) is 59.1 Å². The van der Waals surface area contributed by atoms with Gasteiger partial charge in [0.1, 0.15) is 5.69 Å². The molecule has 2 amide bonds. The maximum atomic E-state index is 12.0. The molecule has 0 aliphatic carbocycles. The molecule has 0 atom stereocenters. The highest BCUT2D eigenvalue weighted by molar-refractivity contribution is 9.10. The highest BCUT2D eigenvalue weighted by Gasteiger charge is 2.13. The molecule has 0 spiro atoms. The van der Waals surface area contributed by atoms with Crippen molar-refractivity contribution in [3.05, 3.63) is 57.3 Å². The Balaban J connectivity index is 2.02. The normalized spacial score (nSPS) is 10.3. The molecule has 0 unspecified atom stereocenters. The zero-order valence-corrected chi connectivity index (χ0v) is 13.6. The fourth-order valence-electron chi connectivity index (χ4n) is 1.88. The molecule has 1 heterocycles. The van der Waals surface area contributed by atoms with Crippen molar-refractivity contribution in [2.24, 2.45) is 7.05 Å². The van der Waals surface area contributed by atoms with Crippen LogP contribution in [0.4, 0.5) is 0 Å². The number of halogens is 1. The fraction of sp³-hybridized carbons (Fsp3) is 0.200. The molecule has 1 aromatic carbocycles. The third-order valence-corrected chi connectivity index (χ3v) is 3.70. The van der Waals surface area contributed by atoms with Crippen LogP contribution in [0.1, 0.15) is 32.0 Å². The second-order valence-electron chi connectivity index (χ2n) is 4.86. The van der Waals surface area contributed by atoms with Crippen molar-refractivity contribution in [2.75, 3.05) is 0 Å². The molecule has 0 fully saturated rings. The van der Waals surface area contributed by atoms with E-state index >= 15 is 0 Å². The zero-order valence-electron chi connectivity index (χ0n) is 12.0. The van der Waals surface area contributed by atoms with E-state index in [2.05, 4.69) is 26.8 Å². The lowest BCUT2D eigenvalue weighted by molar-refractivity contribution is 0.0842. The third-order valence-electron chi connectivity index (χ3n) is 3.26. The van der Waals surface area contributed by atoms with Gasteiger partial charge in [0.05, 0.1) is 0 Å². The van der Waals surface area contributed by atoms with Gasteiger partial charge in [-0.2, -0.15) is 0 Å². The molecule has 21 heavy (non-hydrogen) atoms. The van der Waals surface area contributed by atoms with Crippen molar-refractivity contribution in [2.45, 2.75) is 13.8 Å². The summed E-state index contributed by atoms with van der Waals surface area (Å²) in [5.41, 5.74) is 7.91. The van der Waals surface area contributed by atoms with Gasteiger partial charge < -0.3 is 4.57 Å². The summed E-state index contributed by atoms with van der Waals surface area (Å²) in [6, 6.07) is 7.07. The van der Waals surface area contributed by atoms with E-state index in [9.17, 15) is 9.59 Å². The van der Waals surface area contributed by atoms with Crippen molar-refractivity contribution in [3.8, 4) is 0 Å². The van der Waals surface area contributed by atoms with Crippen molar-refractivity contribution < 1.29 is 9.59 Å². The van der Waals surface area contributed by atoms with Crippen molar-refractivity contribution >= 4 is 27.7 Å². The van der Waals surface area contributed by atoms with E-state index in [-0.39, 0.29) is 11.8 Å². The van der Waals surface area contributed by atoms with Crippen LogP contribution in [-0.2, 0) is 7.05 Å². The Bertz CT molecular complexity index is 707. The Morgan fingerprint density at radius 3 is 2.29 bits per heavy atom. The Morgan fingerprint density at radius 1 is 1.05 bits per heavy atom. The van der Waals surface area contributed by atoms with Crippen LogP contribution in [0.3, 0.4) is 0 Å². The highest BCUT2D eigenvalue weighted by Crippen LogP contribution is 2.13. The van der Waals surface area contributed by atoms with Gasteiger partial charge in [-0.25, -0.2) is 0 Å². The average molecular weight is 350 g/mol. The van der Waals surface area contributed by atoms with E-state index in [0.717, 1.165) is 15.6 Å². The van der Waals surface area contributed by atoms with Gasteiger partial charge in [-0.15, -0.1) is 0 Å². The molecule has 0 saturated carbocycles. The topological polar surface area (TPSA) is 63.1 Å². The molecular weight excluding hydrogens is 334 g/mol. The van der Waals surface area contributed by atoms with Gasteiger partial charge in [-0.1, -0.05) is 6.07 Å². The molecule has 2 rings (SSSR count). The zero-order chi connectivity index (χ0) is 15.6. The first-order valence-electron chi connectivity index (χ1n) is 6.38. The van der Waals surface area contributed by atoms with Crippen molar-refractivity contribution in [1.29, 1.82) is 0 Å². The number of amides is 2. The number of carbonyl (C=O) groups is 2. The number of hydrogen-bond acceptors (Lipinski definition) is 2. The van der Waals surface area contributed by atoms with Crippen LogP contribution in [0.15, 0.2) is 34.9 Å². The molecule has 0 radical (unpaired) electrons. The van der Waals surface area contributed by atoms with Gasteiger partial charge in [0.25, 0.3) is 11.8 Å². The largest absolute Gasteiger partial charge is 0.345 e. The number of hydrogen-bond donors (Lipinski definition) is 2. The van der Waals surface area contributed by atoms with E-state index in [4.69, 9.17) is 0 Å². The molecule has 0 saturated heterocycles. The molecule has 0 bridgehead atoms. The van der Waals surface area contributed by atoms with E-state index in [0.29, 0.717) is 11.3 Å². The van der Waals surface area contributed by atoms with Crippen molar-refractivity contribution in [1.82, 2.24) is 15.4 Å². The molecule has 1 aromatic heterocycles. The van der Waals surface area contributed by atoms with E-state index in [1.807, 2.05) is 19.9 Å². The van der Waals surface area contributed by atoms with Crippen LogP contribution in [0.2, 0.25) is 0 Å². The molecule has 0 aliphatic rings. The second kappa shape index (κ2) is 6.13. The number of rotatable bonds is 2. The lowest BCUT2D eigenvalue weighted by atomic mass is 10.1. The summed E-state index contributed by atoms with van der Waals surface area (Å²) in [6.45, 7) is 3.91. The van der Waals surface area contributed by atoms with E-state index in [1.54, 1.807) is 36.0 Å². The number of aromatic nitrogens is 1. The number of nitrogens with zero attached hydrogens (tertiary/aromatic N) is 1. The summed E-state index contributed by atoms with van der Waals surface area (Å²) in [5.74, 6) is -0.722. The standard InChI is InChI=1S/C15H16BrN3O2/c1-9-4-5-11(6-10(9)2)14(20)17-18-15(21)13-7-12(16)8-19(13)3/h4-8H,1-3H3,(H,17,20)(H,18,21). The summed E-state index contributed by atoms with van der Waals surface area (Å²) in [7, 11) is 1.75. The molecule has 6 heteroatoms. The minimum atomic E-state index is -0.375. The predicted molar refractivity (Wildman–Crippen MR) is 84.0 cm³/mol. The molecule has 2 N–H and O–H groups in total. The first-order valence-corrected chi connectivity index (χ1v) is 7.17. The molecular formula is C15H16BrN3O2.